The van der Waals surface area contributed by atoms with E-state index in [9.17, 15) is 8.42 Å². The maximum atomic E-state index is 12.2. The second-order valence-corrected chi connectivity index (χ2v) is 5.58. The summed E-state index contributed by atoms with van der Waals surface area (Å²) in [5, 5.41) is 3.91. The molecule has 0 fully saturated rings. The molecule has 106 valence electrons. The van der Waals surface area contributed by atoms with Crippen molar-refractivity contribution in [3.63, 3.8) is 0 Å². The first-order valence-electron chi connectivity index (χ1n) is 5.75. The van der Waals surface area contributed by atoms with Crippen LogP contribution in [0.15, 0.2) is 54.5 Å². The van der Waals surface area contributed by atoms with E-state index in [4.69, 9.17) is 0 Å². The van der Waals surface area contributed by atoms with E-state index in [1.54, 1.807) is 0 Å². The number of sulfonamides is 1. The molecule has 0 saturated carbocycles. The normalized spacial score (nSPS) is 11.2. The number of nitrogens with one attached hydrogen (secondary N) is 1. The van der Waals surface area contributed by atoms with Crippen LogP contribution in [0.1, 0.15) is 0 Å². The van der Waals surface area contributed by atoms with Gasteiger partial charge in [-0.2, -0.15) is 5.10 Å². The predicted octanol–water partition coefficient (Wildman–Crippen LogP) is 0.253. The molecule has 1 N–H and O–H groups in total. The smallest absolute Gasteiger partial charge is 0.263 e. The Morgan fingerprint density at radius 3 is 2.76 bits per heavy atom. The van der Waals surface area contributed by atoms with Gasteiger partial charge in [-0.3, -0.25) is 9.71 Å². The predicted molar refractivity (Wildman–Crippen MR) is 72.0 cm³/mol. The lowest BCUT2D eigenvalue weighted by Gasteiger charge is -2.07. The highest BCUT2D eigenvalue weighted by molar-refractivity contribution is 7.92. The summed E-state index contributed by atoms with van der Waals surface area (Å²) >= 11 is 0. The molecule has 0 aliphatic heterocycles. The van der Waals surface area contributed by atoms with Gasteiger partial charge >= 0.3 is 0 Å². The summed E-state index contributed by atoms with van der Waals surface area (Å²) in [7, 11) is -3.75. The molecule has 0 radical (unpaired) electrons. The molecule has 21 heavy (non-hydrogen) atoms. The Morgan fingerprint density at radius 1 is 1.14 bits per heavy atom. The standard InChI is InChI=1S/C11H9N7O2S/c19-21(20,9-2-1-3-12-5-9)17-10-4-11(15-7-14-10)18-8-13-6-16-18/h1-8H,(H,14,15,17). The molecule has 10 heteroatoms. The molecular formula is C11H9N7O2S. The topological polar surface area (TPSA) is 116 Å². The van der Waals surface area contributed by atoms with Crippen molar-refractivity contribution in [2.75, 3.05) is 4.72 Å². The molecule has 0 aliphatic rings. The zero-order chi connectivity index (χ0) is 14.7. The maximum Gasteiger partial charge on any atom is 0.264 e. The number of pyridine rings is 1. The second kappa shape index (κ2) is 5.25. The van der Waals surface area contributed by atoms with Crippen LogP contribution < -0.4 is 4.72 Å². The number of rotatable bonds is 4. The Labute approximate surface area is 119 Å². The van der Waals surface area contributed by atoms with Crippen LogP contribution in [0, 0.1) is 0 Å². The van der Waals surface area contributed by atoms with Gasteiger partial charge in [0.1, 0.15) is 29.7 Å². The van der Waals surface area contributed by atoms with Gasteiger partial charge in [-0.1, -0.05) is 0 Å². The van der Waals surface area contributed by atoms with Crippen molar-refractivity contribution in [2.24, 2.45) is 0 Å². The summed E-state index contributed by atoms with van der Waals surface area (Å²) in [6.45, 7) is 0. The van der Waals surface area contributed by atoms with Gasteiger partial charge in [0.15, 0.2) is 5.82 Å². The monoisotopic (exact) mass is 303 g/mol. The van der Waals surface area contributed by atoms with Crippen molar-refractivity contribution in [1.29, 1.82) is 0 Å². The lowest BCUT2D eigenvalue weighted by molar-refractivity contribution is 0.600. The first-order chi connectivity index (χ1) is 10.1. The fraction of sp³-hybridized carbons (Fsp3) is 0. The highest BCUT2D eigenvalue weighted by Gasteiger charge is 2.15. The Kier molecular flexibility index (Phi) is 3.28. The maximum absolute atomic E-state index is 12.2. The van der Waals surface area contributed by atoms with Gasteiger partial charge in [-0.25, -0.2) is 28.1 Å². The molecule has 0 aliphatic carbocycles. The van der Waals surface area contributed by atoms with Crippen molar-refractivity contribution in [2.45, 2.75) is 4.90 Å². The second-order valence-electron chi connectivity index (χ2n) is 3.90. The fourth-order valence-corrected chi connectivity index (χ4v) is 2.52. The van der Waals surface area contributed by atoms with Crippen molar-refractivity contribution in [3.8, 4) is 5.82 Å². The van der Waals surface area contributed by atoms with E-state index in [0.717, 1.165) is 0 Å². The molecule has 9 nitrogen and oxygen atoms in total. The van der Waals surface area contributed by atoms with Crippen molar-refractivity contribution in [3.05, 3.63) is 49.6 Å². The molecule has 0 saturated heterocycles. The molecule has 3 aromatic rings. The van der Waals surface area contributed by atoms with E-state index in [2.05, 4.69) is 29.8 Å². The number of aromatic nitrogens is 6. The van der Waals surface area contributed by atoms with Crippen LogP contribution in [0.2, 0.25) is 0 Å². The van der Waals surface area contributed by atoms with Gasteiger partial charge in [0.2, 0.25) is 0 Å². The van der Waals surface area contributed by atoms with Crippen LogP contribution in [0.3, 0.4) is 0 Å². The molecule has 3 rings (SSSR count). The van der Waals surface area contributed by atoms with Gasteiger partial charge in [-0.15, -0.1) is 0 Å². The van der Waals surface area contributed by atoms with Crippen LogP contribution >= 0.6 is 0 Å². The van der Waals surface area contributed by atoms with E-state index in [0.29, 0.717) is 5.82 Å². The van der Waals surface area contributed by atoms with Crippen molar-refractivity contribution < 1.29 is 8.42 Å². The summed E-state index contributed by atoms with van der Waals surface area (Å²) in [5.74, 6) is 0.519. The van der Waals surface area contributed by atoms with Crippen LogP contribution in [0.4, 0.5) is 5.82 Å². The van der Waals surface area contributed by atoms with Crippen LogP contribution in [0.25, 0.3) is 5.82 Å². The van der Waals surface area contributed by atoms with E-state index >= 15 is 0 Å². The number of anilines is 1. The Balaban J connectivity index is 1.91. The zero-order valence-corrected chi connectivity index (χ0v) is 11.3. The average Bonchev–Trinajstić information content (AvgIpc) is 3.02. The van der Waals surface area contributed by atoms with Gasteiger partial charge in [-0.05, 0) is 12.1 Å². The van der Waals surface area contributed by atoms with Crippen LogP contribution in [-0.4, -0.2) is 38.1 Å². The highest BCUT2D eigenvalue weighted by Crippen LogP contribution is 2.14. The molecule has 0 bridgehead atoms. The number of hydrogen-bond acceptors (Lipinski definition) is 7. The van der Waals surface area contributed by atoms with E-state index < -0.39 is 10.0 Å². The summed E-state index contributed by atoms with van der Waals surface area (Å²) in [6.07, 6.45) is 6.77. The molecule has 0 aromatic carbocycles. The van der Waals surface area contributed by atoms with Gasteiger partial charge in [0.25, 0.3) is 10.0 Å². The van der Waals surface area contributed by atoms with E-state index in [-0.39, 0.29) is 10.7 Å². The van der Waals surface area contributed by atoms with Crippen LogP contribution in [0.5, 0.6) is 0 Å². The SMILES string of the molecule is O=S(=O)(Nc1cc(-n2cncn2)ncn1)c1cccnc1. The third-order valence-electron chi connectivity index (χ3n) is 2.49. The molecule has 0 atom stereocenters. The van der Waals surface area contributed by atoms with E-state index in [1.807, 2.05) is 0 Å². The van der Waals surface area contributed by atoms with Gasteiger partial charge < -0.3 is 0 Å². The molecule has 0 amide bonds. The average molecular weight is 303 g/mol. The Bertz CT molecular complexity index is 834. The molecule has 3 aromatic heterocycles. The lowest BCUT2D eigenvalue weighted by Crippen LogP contribution is -2.14. The minimum absolute atomic E-state index is 0.0471. The number of nitrogens with zero attached hydrogens (tertiary/aromatic N) is 6. The Morgan fingerprint density at radius 2 is 2.05 bits per heavy atom. The minimum atomic E-state index is -3.75. The summed E-state index contributed by atoms with van der Waals surface area (Å²) in [4.78, 5) is 15.5. The van der Waals surface area contributed by atoms with Crippen molar-refractivity contribution >= 4 is 15.8 Å². The fourth-order valence-electron chi connectivity index (χ4n) is 1.56. The minimum Gasteiger partial charge on any atom is -0.263 e. The molecular weight excluding hydrogens is 294 g/mol. The van der Waals surface area contributed by atoms with Crippen LogP contribution in [-0.2, 0) is 10.0 Å². The highest BCUT2D eigenvalue weighted by atomic mass is 32.2. The first kappa shape index (κ1) is 13.1. The van der Waals surface area contributed by atoms with E-state index in [1.165, 1.54) is 54.3 Å². The zero-order valence-electron chi connectivity index (χ0n) is 10.5. The first-order valence-corrected chi connectivity index (χ1v) is 7.23. The number of hydrogen-bond donors (Lipinski definition) is 1. The van der Waals surface area contributed by atoms with Crippen molar-refractivity contribution in [1.82, 2.24) is 29.7 Å². The quantitative estimate of drug-likeness (QED) is 0.734. The third-order valence-corrected chi connectivity index (χ3v) is 3.83. The molecule has 3 heterocycles. The summed E-state index contributed by atoms with van der Waals surface area (Å²) in [5.41, 5.74) is 0. The molecule has 0 unspecified atom stereocenters. The largest absolute Gasteiger partial charge is 0.264 e. The third kappa shape index (κ3) is 2.84. The molecule has 0 spiro atoms. The Hall–Kier alpha value is -2.88. The van der Waals surface area contributed by atoms with Gasteiger partial charge in [0.05, 0.1) is 0 Å². The van der Waals surface area contributed by atoms with Gasteiger partial charge in [0, 0.05) is 18.5 Å². The lowest BCUT2D eigenvalue weighted by atomic mass is 10.5. The summed E-state index contributed by atoms with van der Waals surface area (Å²) < 4.78 is 28.1. The summed E-state index contributed by atoms with van der Waals surface area (Å²) in [6, 6.07) is 4.42.